The molecule has 7 heteroatoms. The van der Waals surface area contributed by atoms with Crippen LogP contribution in [-0.2, 0) is 16.6 Å². The number of halogens is 2. The van der Waals surface area contributed by atoms with Crippen molar-refractivity contribution in [2.75, 3.05) is 12.4 Å². The Balaban J connectivity index is 2.07. The minimum atomic E-state index is -3.44. The van der Waals surface area contributed by atoms with Crippen molar-refractivity contribution in [3.8, 4) is 0 Å². The Morgan fingerprint density at radius 3 is 2.38 bits per heavy atom. The van der Waals surface area contributed by atoms with E-state index in [2.05, 4.69) is 26.0 Å². The van der Waals surface area contributed by atoms with Gasteiger partial charge in [-0.15, -0.1) is 0 Å². The second-order valence-corrected chi connectivity index (χ2v) is 7.12. The van der Waals surface area contributed by atoms with Crippen LogP contribution in [0.25, 0.3) is 0 Å². The van der Waals surface area contributed by atoms with E-state index in [1.165, 1.54) is 25.2 Å². The third kappa shape index (κ3) is 4.03. The van der Waals surface area contributed by atoms with Crippen LogP contribution in [0.2, 0.25) is 0 Å². The number of hydrogen-bond donors (Lipinski definition) is 2. The van der Waals surface area contributed by atoms with Crippen molar-refractivity contribution in [3.63, 3.8) is 0 Å². The van der Waals surface area contributed by atoms with Crippen molar-refractivity contribution in [3.05, 3.63) is 58.3 Å². The van der Waals surface area contributed by atoms with Gasteiger partial charge in [-0.05, 0) is 43.4 Å². The lowest BCUT2D eigenvalue weighted by Crippen LogP contribution is -2.18. The zero-order valence-corrected chi connectivity index (χ0v) is 13.6. The summed E-state index contributed by atoms with van der Waals surface area (Å²) in [5.74, 6) is -0.300. The Kier molecular flexibility index (Phi) is 4.97. The summed E-state index contributed by atoms with van der Waals surface area (Å²) in [7, 11) is -2.08. The highest BCUT2D eigenvalue weighted by Crippen LogP contribution is 2.18. The minimum absolute atomic E-state index is 0.186. The first-order valence-electron chi connectivity index (χ1n) is 6.14. The monoisotopic (exact) mass is 372 g/mol. The van der Waals surface area contributed by atoms with E-state index in [9.17, 15) is 12.8 Å². The third-order valence-electron chi connectivity index (χ3n) is 2.93. The molecule has 0 unspecified atom stereocenters. The first kappa shape index (κ1) is 15.9. The van der Waals surface area contributed by atoms with Gasteiger partial charge in [0.15, 0.2) is 0 Å². The molecule has 0 aliphatic rings. The maximum Gasteiger partial charge on any atom is 0.240 e. The lowest BCUT2D eigenvalue weighted by Gasteiger charge is -2.09. The lowest BCUT2D eigenvalue weighted by atomic mass is 10.2. The van der Waals surface area contributed by atoms with Crippen molar-refractivity contribution in [2.24, 2.45) is 0 Å². The van der Waals surface area contributed by atoms with E-state index in [0.29, 0.717) is 22.3 Å². The molecule has 21 heavy (non-hydrogen) atoms. The minimum Gasteiger partial charge on any atom is -0.381 e. The first-order valence-corrected chi connectivity index (χ1v) is 8.41. The van der Waals surface area contributed by atoms with Crippen LogP contribution < -0.4 is 10.0 Å². The predicted molar refractivity (Wildman–Crippen MR) is 84.1 cm³/mol. The number of rotatable bonds is 5. The molecule has 112 valence electrons. The van der Waals surface area contributed by atoms with Crippen molar-refractivity contribution in [1.82, 2.24) is 4.72 Å². The molecule has 0 heterocycles. The molecule has 2 aromatic carbocycles. The van der Waals surface area contributed by atoms with Crippen molar-refractivity contribution < 1.29 is 12.8 Å². The van der Waals surface area contributed by atoms with Crippen LogP contribution in [0.4, 0.5) is 10.1 Å². The van der Waals surface area contributed by atoms with Gasteiger partial charge in [-0.25, -0.2) is 17.5 Å². The molecule has 2 N–H and O–H groups in total. The Morgan fingerprint density at radius 1 is 1.14 bits per heavy atom. The summed E-state index contributed by atoms with van der Waals surface area (Å²) in [5, 5.41) is 3.05. The Labute approximate surface area is 131 Å². The molecule has 0 spiro atoms. The Morgan fingerprint density at radius 2 is 1.81 bits per heavy atom. The van der Waals surface area contributed by atoms with Crippen LogP contribution in [0.3, 0.4) is 0 Å². The van der Waals surface area contributed by atoms with Gasteiger partial charge in [-0.2, -0.15) is 0 Å². The standard InChI is InChI=1S/C14H14BrFN2O2S/c1-17-21(19,20)13-6-4-12(5-7-13)18-9-10-2-3-11(15)8-14(10)16/h2-8,17-18H,9H2,1H3. The first-order chi connectivity index (χ1) is 9.92. The van der Waals surface area contributed by atoms with Crippen LogP contribution >= 0.6 is 15.9 Å². The smallest absolute Gasteiger partial charge is 0.240 e. The van der Waals surface area contributed by atoms with Crippen LogP contribution in [-0.4, -0.2) is 15.5 Å². The molecule has 0 aliphatic heterocycles. The molecular weight excluding hydrogens is 359 g/mol. The van der Waals surface area contributed by atoms with Gasteiger partial charge in [0.05, 0.1) is 4.90 Å². The molecular formula is C14H14BrFN2O2S. The van der Waals surface area contributed by atoms with E-state index in [1.54, 1.807) is 24.3 Å². The predicted octanol–water partition coefficient (Wildman–Crippen LogP) is 3.11. The molecule has 2 aromatic rings. The molecule has 0 atom stereocenters. The molecule has 0 aliphatic carbocycles. The third-order valence-corrected chi connectivity index (χ3v) is 4.85. The van der Waals surface area contributed by atoms with Gasteiger partial charge in [0, 0.05) is 22.3 Å². The number of nitrogens with one attached hydrogen (secondary N) is 2. The summed E-state index contributed by atoms with van der Waals surface area (Å²) < 4.78 is 39.8. The van der Waals surface area contributed by atoms with Crippen LogP contribution in [0.5, 0.6) is 0 Å². The fourth-order valence-electron chi connectivity index (χ4n) is 1.73. The van der Waals surface area contributed by atoms with E-state index >= 15 is 0 Å². The molecule has 0 fully saturated rings. The average molecular weight is 373 g/mol. The summed E-state index contributed by atoms with van der Waals surface area (Å²) in [6.45, 7) is 0.317. The summed E-state index contributed by atoms with van der Waals surface area (Å²) in [5.41, 5.74) is 1.25. The van der Waals surface area contributed by atoms with Crippen molar-refractivity contribution in [1.29, 1.82) is 0 Å². The maximum atomic E-state index is 13.7. The Hall–Kier alpha value is -1.44. The van der Waals surface area contributed by atoms with Gasteiger partial charge < -0.3 is 5.32 Å². The summed E-state index contributed by atoms with van der Waals surface area (Å²) in [6, 6.07) is 11.1. The second kappa shape index (κ2) is 6.55. The van der Waals surface area contributed by atoms with E-state index in [0.717, 1.165) is 0 Å². The molecule has 0 bridgehead atoms. The maximum absolute atomic E-state index is 13.7. The van der Waals surface area contributed by atoms with Crippen molar-refractivity contribution in [2.45, 2.75) is 11.4 Å². The van der Waals surface area contributed by atoms with E-state index < -0.39 is 10.0 Å². The fraction of sp³-hybridized carbons (Fsp3) is 0.143. The molecule has 0 radical (unpaired) electrons. The van der Waals surface area contributed by atoms with Gasteiger partial charge in [-0.1, -0.05) is 22.0 Å². The average Bonchev–Trinajstić information content (AvgIpc) is 2.47. The van der Waals surface area contributed by atoms with E-state index in [-0.39, 0.29) is 10.7 Å². The zero-order chi connectivity index (χ0) is 15.5. The molecule has 2 rings (SSSR count). The summed E-state index contributed by atoms with van der Waals surface area (Å²) in [6.07, 6.45) is 0. The highest BCUT2D eigenvalue weighted by atomic mass is 79.9. The molecule has 0 amide bonds. The number of hydrogen-bond acceptors (Lipinski definition) is 3. The molecule has 0 aromatic heterocycles. The fourth-order valence-corrected chi connectivity index (χ4v) is 2.80. The molecule has 4 nitrogen and oxygen atoms in total. The zero-order valence-electron chi connectivity index (χ0n) is 11.2. The number of sulfonamides is 1. The normalized spacial score (nSPS) is 11.4. The summed E-state index contributed by atoms with van der Waals surface area (Å²) in [4.78, 5) is 0.186. The lowest BCUT2D eigenvalue weighted by molar-refractivity contribution is 0.588. The van der Waals surface area contributed by atoms with Crippen LogP contribution in [0, 0.1) is 5.82 Å². The summed E-state index contributed by atoms with van der Waals surface area (Å²) >= 11 is 3.20. The van der Waals surface area contributed by atoms with Crippen LogP contribution in [0.15, 0.2) is 51.8 Å². The highest BCUT2D eigenvalue weighted by molar-refractivity contribution is 9.10. The largest absolute Gasteiger partial charge is 0.381 e. The van der Waals surface area contributed by atoms with E-state index in [4.69, 9.17) is 0 Å². The van der Waals surface area contributed by atoms with Gasteiger partial charge in [-0.3, -0.25) is 0 Å². The highest BCUT2D eigenvalue weighted by Gasteiger charge is 2.10. The van der Waals surface area contributed by atoms with E-state index in [1.807, 2.05) is 0 Å². The molecule has 0 saturated carbocycles. The van der Waals surface area contributed by atoms with Gasteiger partial charge in [0.25, 0.3) is 0 Å². The SMILES string of the molecule is CNS(=O)(=O)c1ccc(NCc2ccc(Br)cc2F)cc1. The van der Waals surface area contributed by atoms with Gasteiger partial charge >= 0.3 is 0 Å². The number of benzene rings is 2. The topological polar surface area (TPSA) is 58.2 Å². The quantitative estimate of drug-likeness (QED) is 0.847. The second-order valence-electron chi connectivity index (χ2n) is 4.32. The number of anilines is 1. The van der Waals surface area contributed by atoms with Crippen molar-refractivity contribution >= 4 is 31.6 Å². The Bertz CT molecular complexity index is 733. The van der Waals surface area contributed by atoms with Gasteiger partial charge in [0.2, 0.25) is 10.0 Å². The van der Waals surface area contributed by atoms with Crippen LogP contribution in [0.1, 0.15) is 5.56 Å². The van der Waals surface area contributed by atoms with Gasteiger partial charge in [0.1, 0.15) is 5.82 Å². The molecule has 0 saturated heterocycles.